The fourth-order valence-electron chi connectivity index (χ4n) is 3.16. The number of carbonyl (C=O) groups excluding carboxylic acids is 1. The number of methoxy groups -OCH3 is 1. The van der Waals surface area contributed by atoms with E-state index in [0.29, 0.717) is 41.9 Å². The average molecular weight is 423 g/mol. The molecule has 0 fully saturated rings. The summed E-state index contributed by atoms with van der Waals surface area (Å²) >= 11 is 1.35. The molecule has 1 aliphatic heterocycles. The van der Waals surface area contributed by atoms with E-state index in [9.17, 15) is 4.79 Å². The maximum Gasteiger partial charge on any atom is 0.284 e. The minimum atomic E-state index is -0.273. The molecule has 0 radical (unpaired) electrons. The van der Waals surface area contributed by atoms with Crippen LogP contribution >= 0.6 is 11.3 Å². The molecule has 0 saturated heterocycles. The molecule has 0 atom stereocenters. The van der Waals surface area contributed by atoms with Gasteiger partial charge in [0.15, 0.2) is 11.0 Å². The number of para-hydroxylation sites is 2. The number of carbonyl (C=O) groups is 1. The zero-order valence-electron chi connectivity index (χ0n) is 16.4. The summed E-state index contributed by atoms with van der Waals surface area (Å²) in [6, 6.07) is 14.6. The van der Waals surface area contributed by atoms with E-state index in [4.69, 9.17) is 15.9 Å². The maximum atomic E-state index is 12.6. The Labute approximate surface area is 178 Å². The number of ether oxygens (including phenoxy) is 1. The Morgan fingerprint density at radius 2 is 1.97 bits per heavy atom. The first-order valence-electron chi connectivity index (χ1n) is 9.42. The Hall–Kier alpha value is -3.59. The van der Waals surface area contributed by atoms with Crippen molar-refractivity contribution in [2.45, 2.75) is 13.0 Å². The fraction of sp³-hybridized carbons (Fsp3) is 0.190. The van der Waals surface area contributed by atoms with E-state index in [-0.39, 0.29) is 5.91 Å². The number of hydrogen-bond acceptors (Lipinski definition) is 6. The molecule has 1 aliphatic rings. The summed E-state index contributed by atoms with van der Waals surface area (Å²) < 4.78 is 5.16. The number of nitrogens with two attached hydrogens (primary N) is 1. The van der Waals surface area contributed by atoms with Gasteiger partial charge in [-0.25, -0.2) is 4.98 Å². The van der Waals surface area contributed by atoms with Gasteiger partial charge in [0.25, 0.3) is 5.91 Å². The SMILES string of the molecule is COc1ccc(NC(=N)N2CCc3nc(C(=O)Nc4ccccc4N)sc3C2)cc1. The zero-order chi connectivity index (χ0) is 21.1. The summed E-state index contributed by atoms with van der Waals surface area (Å²) in [7, 11) is 1.62. The van der Waals surface area contributed by atoms with Gasteiger partial charge in [-0.1, -0.05) is 12.1 Å². The Balaban J connectivity index is 1.41. The molecule has 2 aromatic carbocycles. The summed E-state index contributed by atoms with van der Waals surface area (Å²) in [5.74, 6) is 0.801. The highest BCUT2D eigenvalue weighted by atomic mass is 32.1. The van der Waals surface area contributed by atoms with E-state index in [1.165, 1.54) is 11.3 Å². The molecule has 0 saturated carbocycles. The smallest absolute Gasteiger partial charge is 0.284 e. The molecule has 3 aromatic rings. The van der Waals surface area contributed by atoms with Gasteiger partial charge >= 0.3 is 0 Å². The van der Waals surface area contributed by atoms with Crippen molar-refractivity contribution in [3.63, 3.8) is 0 Å². The molecule has 0 spiro atoms. The molecule has 8 nitrogen and oxygen atoms in total. The van der Waals surface area contributed by atoms with Gasteiger partial charge < -0.3 is 26.0 Å². The molecule has 1 amide bonds. The Kier molecular flexibility index (Phi) is 5.53. The van der Waals surface area contributed by atoms with Crippen LogP contribution in [-0.2, 0) is 13.0 Å². The summed E-state index contributed by atoms with van der Waals surface area (Å²) in [5, 5.41) is 14.7. The first-order chi connectivity index (χ1) is 14.5. The van der Waals surface area contributed by atoms with Crippen LogP contribution in [0, 0.1) is 5.41 Å². The second kappa shape index (κ2) is 8.42. The summed E-state index contributed by atoms with van der Waals surface area (Å²) in [6.45, 7) is 1.20. The topological polar surface area (TPSA) is 116 Å². The lowest BCUT2D eigenvalue weighted by molar-refractivity contribution is 0.102. The standard InChI is InChI=1S/C21H22N6O2S/c1-29-14-8-6-13(7-9-14)24-21(23)27-11-10-17-18(12-27)30-20(26-17)19(28)25-16-5-3-2-4-15(16)22/h2-9H,10-12,22H2,1H3,(H2,23,24)(H,25,28). The molecule has 2 heterocycles. The van der Waals surface area contributed by atoms with E-state index in [0.717, 1.165) is 22.0 Å². The maximum absolute atomic E-state index is 12.6. The van der Waals surface area contributed by atoms with Crippen LogP contribution < -0.4 is 21.1 Å². The molecule has 0 aliphatic carbocycles. The van der Waals surface area contributed by atoms with E-state index in [2.05, 4.69) is 15.6 Å². The number of rotatable bonds is 4. The largest absolute Gasteiger partial charge is 0.497 e. The van der Waals surface area contributed by atoms with Crippen molar-refractivity contribution in [3.8, 4) is 5.75 Å². The Morgan fingerprint density at radius 1 is 1.20 bits per heavy atom. The molecule has 5 N–H and O–H groups in total. The van der Waals surface area contributed by atoms with Crippen LogP contribution in [0.15, 0.2) is 48.5 Å². The third-order valence-corrected chi connectivity index (χ3v) is 5.88. The number of nitrogen functional groups attached to an aromatic ring is 1. The van der Waals surface area contributed by atoms with Gasteiger partial charge in [0, 0.05) is 23.5 Å². The van der Waals surface area contributed by atoms with Crippen molar-refractivity contribution in [3.05, 3.63) is 64.1 Å². The summed E-state index contributed by atoms with van der Waals surface area (Å²) in [5.41, 5.74) is 8.71. The van der Waals surface area contributed by atoms with Crippen molar-refractivity contribution in [2.24, 2.45) is 0 Å². The van der Waals surface area contributed by atoms with Gasteiger partial charge in [0.05, 0.1) is 30.7 Å². The number of anilines is 3. The third kappa shape index (κ3) is 4.20. The van der Waals surface area contributed by atoms with Crippen LogP contribution in [0.4, 0.5) is 17.1 Å². The van der Waals surface area contributed by atoms with E-state index in [1.807, 2.05) is 41.3 Å². The number of benzene rings is 2. The molecular weight excluding hydrogens is 400 g/mol. The van der Waals surface area contributed by atoms with Crippen LogP contribution in [0.5, 0.6) is 5.75 Å². The minimum absolute atomic E-state index is 0.273. The molecular formula is C21H22N6O2S. The molecule has 154 valence electrons. The van der Waals surface area contributed by atoms with E-state index < -0.39 is 0 Å². The fourth-order valence-corrected chi connectivity index (χ4v) is 4.18. The number of hydrogen-bond donors (Lipinski definition) is 4. The van der Waals surface area contributed by atoms with Crippen molar-refractivity contribution in [1.29, 1.82) is 5.41 Å². The molecule has 9 heteroatoms. The first-order valence-corrected chi connectivity index (χ1v) is 10.2. The number of aromatic nitrogens is 1. The highest BCUT2D eigenvalue weighted by molar-refractivity contribution is 7.13. The van der Waals surface area contributed by atoms with Crippen LogP contribution in [0.1, 0.15) is 20.4 Å². The van der Waals surface area contributed by atoms with Crippen LogP contribution in [0.25, 0.3) is 0 Å². The lowest BCUT2D eigenvalue weighted by Gasteiger charge is -2.28. The molecule has 0 bridgehead atoms. The molecule has 30 heavy (non-hydrogen) atoms. The second-order valence-electron chi connectivity index (χ2n) is 6.80. The van der Waals surface area contributed by atoms with Crippen LogP contribution in [0.3, 0.4) is 0 Å². The normalized spacial score (nSPS) is 12.8. The van der Waals surface area contributed by atoms with Crippen molar-refractivity contribution < 1.29 is 9.53 Å². The van der Waals surface area contributed by atoms with E-state index >= 15 is 0 Å². The van der Waals surface area contributed by atoms with Gasteiger partial charge in [-0.2, -0.15) is 0 Å². The highest BCUT2D eigenvalue weighted by Gasteiger charge is 2.24. The Bertz CT molecular complexity index is 1080. The summed E-state index contributed by atoms with van der Waals surface area (Å²) in [4.78, 5) is 20.0. The second-order valence-corrected chi connectivity index (χ2v) is 7.89. The van der Waals surface area contributed by atoms with Crippen molar-refractivity contribution >= 4 is 40.3 Å². The van der Waals surface area contributed by atoms with Crippen LogP contribution in [-0.4, -0.2) is 35.4 Å². The number of guanidine groups is 1. The van der Waals surface area contributed by atoms with Gasteiger partial charge in [-0.05, 0) is 36.4 Å². The summed E-state index contributed by atoms with van der Waals surface area (Å²) in [6.07, 6.45) is 0.680. The van der Waals surface area contributed by atoms with Crippen LogP contribution in [0.2, 0.25) is 0 Å². The lowest BCUT2D eigenvalue weighted by atomic mass is 10.2. The van der Waals surface area contributed by atoms with Crippen molar-refractivity contribution in [1.82, 2.24) is 9.88 Å². The number of thiazole rings is 1. The number of amides is 1. The lowest BCUT2D eigenvalue weighted by Crippen LogP contribution is -2.39. The third-order valence-electron chi connectivity index (χ3n) is 4.80. The van der Waals surface area contributed by atoms with Gasteiger partial charge in [-0.15, -0.1) is 11.3 Å². The van der Waals surface area contributed by atoms with Gasteiger partial charge in [0.1, 0.15) is 5.75 Å². The number of nitrogens with one attached hydrogen (secondary N) is 3. The number of fused-ring (bicyclic) bond motifs is 1. The predicted octanol–water partition coefficient (Wildman–Crippen LogP) is 3.39. The molecule has 1 aromatic heterocycles. The van der Waals surface area contributed by atoms with Gasteiger partial charge in [-0.3, -0.25) is 10.2 Å². The van der Waals surface area contributed by atoms with Crippen molar-refractivity contribution in [2.75, 3.05) is 30.0 Å². The van der Waals surface area contributed by atoms with Gasteiger partial charge in [0.2, 0.25) is 0 Å². The monoisotopic (exact) mass is 422 g/mol. The molecule has 0 unspecified atom stereocenters. The first kappa shape index (κ1) is 19.7. The Morgan fingerprint density at radius 3 is 2.70 bits per heavy atom. The average Bonchev–Trinajstić information content (AvgIpc) is 3.19. The zero-order valence-corrected chi connectivity index (χ0v) is 17.3. The quantitative estimate of drug-likeness (QED) is 0.291. The van der Waals surface area contributed by atoms with E-state index in [1.54, 1.807) is 19.2 Å². The molecule has 4 rings (SSSR count). The predicted molar refractivity (Wildman–Crippen MR) is 119 cm³/mol. The number of nitrogens with zero attached hydrogens (tertiary/aromatic N) is 2. The highest BCUT2D eigenvalue weighted by Crippen LogP contribution is 2.27. The minimum Gasteiger partial charge on any atom is -0.497 e.